The molecule has 0 bridgehead atoms. The van der Waals surface area contributed by atoms with Gasteiger partial charge in [-0.2, -0.15) is 11.8 Å². The summed E-state index contributed by atoms with van der Waals surface area (Å²) in [5.41, 5.74) is 1.40. The van der Waals surface area contributed by atoms with Crippen molar-refractivity contribution in [3.8, 4) is 0 Å². The Morgan fingerprint density at radius 1 is 1.14 bits per heavy atom. The molecule has 2 heteroatoms. The number of benzene rings is 2. The van der Waals surface area contributed by atoms with E-state index in [-0.39, 0.29) is 0 Å². The summed E-state index contributed by atoms with van der Waals surface area (Å²) in [6, 6.07) is 16.6. The first kappa shape index (κ1) is 14.9. The predicted molar refractivity (Wildman–Crippen MR) is 95.1 cm³/mol. The Morgan fingerprint density at radius 3 is 2.76 bits per heavy atom. The van der Waals surface area contributed by atoms with E-state index in [0.717, 1.165) is 5.25 Å². The second kappa shape index (κ2) is 6.85. The summed E-state index contributed by atoms with van der Waals surface area (Å²) >= 11 is 2.12. The normalized spacial score (nSPS) is 23.5. The second-order valence-corrected chi connectivity index (χ2v) is 7.54. The summed E-state index contributed by atoms with van der Waals surface area (Å²) in [4.78, 5) is 0. The molecule has 1 fully saturated rings. The molecule has 0 heterocycles. The lowest BCUT2D eigenvalue weighted by atomic mass is 10.0. The molecular formula is C19H25NS. The molecular weight excluding hydrogens is 274 g/mol. The topological polar surface area (TPSA) is 12.0 Å². The molecule has 3 rings (SSSR count). The van der Waals surface area contributed by atoms with E-state index in [9.17, 15) is 0 Å². The Bertz CT molecular complexity index is 595. The van der Waals surface area contributed by atoms with Gasteiger partial charge in [-0.15, -0.1) is 0 Å². The van der Waals surface area contributed by atoms with Crippen LogP contribution in [0.1, 0.15) is 44.7 Å². The van der Waals surface area contributed by atoms with Crippen molar-refractivity contribution in [2.75, 3.05) is 5.75 Å². The number of rotatable bonds is 5. The van der Waals surface area contributed by atoms with E-state index in [1.807, 2.05) is 0 Å². The average molecular weight is 299 g/mol. The maximum absolute atomic E-state index is 3.87. The molecule has 0 aromatic heterocycles. The van der Waals surface area contributed by atoms with Gasteiger partial charge in [0.15, 0.2) is 0 Å². The standard InChI is InChI=1S/C19H25NS/c1-3-21-19-10-6-9-18(19)20-14(2)16-12-11-15-7-4-5-8-17(15)13-16/h4-5,7-8,11-14,18-20H,3,6,9-10H2,1-2H3. The molecule has 0 amide bonds. The van der Waals surface area contributed by atoms with Gasteiger partial charge in [0.2, 0.25) is 0 Å². The molecule has 3 unspecified atom stereocenters. The fourth-order valence-electron chi connectivity index (χ4n) is 3.42. The van der Waals surface area contributed by atoms with Crippen LogP contribution < -0.4 is 5.32 Å². The van der Waals surface area contributed by atoms with Crippen molar-refractivity contribution in [2.24, 2.45) is 0 Å². The lowest BCUT2D eigenvalue weighted by Gasteiger charge is -2.25. The quantitative estimate of drug-likeness (QED) is 0.818. The molecule has 1 saturated carbocycles. The zero-order valence-electron chi connectivity index (χ0n) is 13.0. The van der Waals surface area contributed by atoms with Crippen LogP contribution in [0, 0.1) is 0 Å². The SMILES string of the molecule is CCSC1CCCC1NC(C)c1ccc2ccccc2c1. The third-order valence-corrected chi connectivity index (χ3v) is 5.90. The first-order chi connectivity index (χ1) is 10.3. The van der Waals surface area contributed by atoms with Crippen molar-refractivity contribution in [3.05, 3.63) is 48.0 Å². The highest BCUT2D eigenvalue weighted by Crippen LogP contribution is 2.31. The van der Waals surface area contributed by atoms with Gasteiger partial charge in [0.1, 0.15) is 0 Å². The van der Waals surface area contributed by atoms with Gasteiger partial charge in [-0.05, 0) is 47.9 Å². The summed E-state index contributed by atoms with van der Waals surface area (Å²) < 4.78 is 0. The lowest BCUT2D eigenvalue weighted by molar-refractivity contribution is 0.467. The van der Waals surface area contributed by atoms with Gasteiger partial charge >= 0.3 is 0 Å². The van der Waals surface area contributed by atoms with Crippen LogP contribution in [0.4, 0.5) is 0 Å². The van der Waals surface area contributed by atoms with Crippen LogP contribution in [0.15, 0.2) is 42.5 Å². The molecule has 0 aliphatic heterocycles. The van der Waals surface area contributed by atoms with Crippen molar-refractivity contribution in [1.29, 1.82) is 0 Å². The monoisotopic (exact) mass is 299 g/mol. The van der Waals surface area contributed by atoms with E-state index in [1.165, 1.54) is 41.4 Å². The van der Waals surface area contributed by atoms with Crippen molar-refractivity contribution < 1.29 is 0 Å². The fourth-order valence-corrected chi connectivity index (χ4v) is 4.63. The Hall–Kier alpha value is -0.990. The fraction of sp³-hybridized carbons (Fsp3) is 0.474. The molecule has 112 valence electrons. The first-order valence-corrected chi connectivity index (χ1v) is 9.19. The van der Waals surface area contributed by atoms with Crippen LogP contribution in [0.5, 0.6) is 0 Å². The van der Waals surface area contributed by atoms with Crippen molar-refractivity contribution in [1.82, 2.24) is 5.32 Å². The van der Waals surface area contributed by atoms with E-state index in [2.05, 4.69) is 73.4 Å². The molecule has 2 aromatic rings. The molecule has 21 heavy (non-hydrogen) atoms. The Kier molecular flexibility index (Phi) is 4.87. The van der Waals surface area contributed by atoms with Crippen LogP contribution in [0.25, 0.3) is 10.8 Å². The van der Waals surface area contributed by atoms with Crippen molar-refractivity contribution in [2.45, 2.75) is 50.4 Å². The predicted octanol–water partition coefficient (Wildman–Crippen LogP) is 5.16. The van der Waals surface area contributed by atoms with Crippen molar-refractivity contribution >= 4 is 22.5 Å². The lowest BCUT2D eigenvalue weighted by Crippen LogP contribution is -2.36. The third-order valence-electron chi connectivity index (χ3n) is 4.57. The molecule has 2 aromatic carbocycles. The van der Waals surface area contributed by atoms with Crippen LogP contribution in [0.2, 0.25) is 0 Å². The van der Waals surface area contributed by atoms with Gasteiger partial charge in [-0.1, -0.05) is 49.7 Å². The van der Waals surface area contributed by atoms with Gasteiger partial charge in [0.05, 0.1) is 0 Å². The highest BCUT2D eigenvalue weighted by molar-refractivity contribution is 7.99. The Balaban J connectivity index is 1.72. The summed E-state index contributed by atoms with van der Waals surface area (Å²) in [7, 11) is 0. The first-order valence-electron chi connectivity index (χ1n) is 8.14. The Labute approximate surface area is 132 Å². The summed E-state index contributed by atoms with van der Waals surface area (Å²) in [6.07, 6.45) is 4.08. The summed E-state index contributed by atoms with van der Waals surface area (Å²) in [5, 5.41) is 7.35. The minimum atomic E-state index is 0.428. The molecule has 3 atom stereocenters. The number of nitrogens with one attached hydrogen (secondary N) is 1. The zero-order chi connectivity index (χ0) is 14.7. The van der Waals surface area contributed by atoms with E-state index in [1.54, 1.807) is 0 Å². The highest BCUT2D eigenvalue weighted by Gasteiger charge is 2.28. The van der Waals surface area contributed by atoms with E-state index in [0.29, 0.717) is 12.1 Å². The van der Waals surface area contributed by atoms with E-state index in [4.69, 9.17) is 0 Å². The minimum absolute atomic E-state index is 0.428. The van der Waals surface area contributed by atoms with Gasteiger partial charge in [0, 0.05) is 17.3 Å². The van der Waals surface area contributed by atoms with E-state index < -0.39 is 0 Å². The molecule has 0 saturated heterocycles. The smallest absolute Gasteiger partial charge is 0.0295 e. The summed E-state index contributed by atoms with van der Waals surface area (Å²) in [6.45, 7) is 4.57. The van der Waals surface area contributed by atoms with Crippen LogP contribution in [0.3, 0.4) is 0 Å². The summed E-state index contributed by atoms with van der Waals surface area (Å²) in [5.74, 6) is 1.23. The number of hydrogen-bond acceptors (Lipinski definition) is 2. The van der Waals surface area contributed by atoms with E-state index >= 15 is 0 Å². The molecule has 1 aliphatic carbocycles. The zero-order valence-corrected chi connectivity index (χ0v) is 13.8. The number of hydrogen-bond donors (Lipinski definition) is 1. The maximum atomic E-state index is 3.87. The second-order valence-electron chi connectivity index (χ2n) is 6.03. The maximum Gasteiger partial charge on any atom is 0.0295 e. The minimum Gasteiger partial charge on any atom is -0.306 e. The molecule has 1 nitrogen and oxygen atoms in total. The number of fused-ring (bicyclic) bond motifs is 1. The molecule has 1 N–H and O–H groups in total. The van der Waals surface area contributed by atoms with Gasteiger partial charge in [-0.25, -0.2) is 0 Å². The third kappa shape index (κ3) is 3.44. The van der Waals surface area contributed by atoms with Gasteiger partial charge < -0.3 is 5.32 Å². The van der Waals surface area contributed by atoms with Crippen molar-refractivity contribution in [3.63, 3.8) is 0 Å². The average Bonchev–Trinajstić information content (AvgIpc) is 2.94. The largest absolute Gasteiger partial charge is 0.306 e. The van der Waals surface area contributed by atoms with Crippen LogP contribution in [-0.4, -0.2) is 17.0 Å². The molecule has 0 radical (unpaired) electrons. The van der Waals surface area contributed by atoms with Crippen LogP contribution >= 0.6 is 11.8 Å². The molecule has 0 spiro atoms. The Morgan fingerprint density at radius 2 is 1.95 bits per heavy atom. The van der Waals surface area contributed by atoms with Crippen LogP contribution in [-0.2, 0) is 0 Å². The number of thioether (sulfide) groups is 1. The highest BCUT2D eigenvalue weighted by atomic mass is 32.2. The van der Waals surface area contributed by atoms with Gasteiger partial charge in [-0.3, -0.25) is 0 Å². The van der Waals surface area contributed by atoms with Gasteiger partial charge in [0.25, 0.3) is 0 Å². The molecule has 1 aliphatic rings.